The van der Waals surface area contributed by atoms with Crippen molar-refractivity contribution < 1.29 is 13.2 Å². The number of hydrogen-bond acceptors (Lipinski definition) is 2. The van der Waals surface area contributed by atoms with E-state index in [4.69, 9.17) is 5.73 Å². The topological polar surface area (TPSA) is 26.0 Å². The van der Waals surface area contributed by atoms with Gasteiger partial charge in [0.05, 0.1) is 5.56 Å². The van der Waals surface area contributed by atoms with Gasteiger partial charge in [-0.3, -0.25) is 0 Å². The summed E-state index contributed by atoms with van der Waals surface area (Å²) in [5, 5.41) is 0. The molecule has 80 valence electrons. The van der Waals surface area contributed by atoms with Crippen molar-refractivity contribution in [1.29, 1.82) is 0 Å². The monoisotopic (exact) mass is 223 g/mol. The highest BCUT2D eigenvalue weighted by molar-refractivity contribution is 7.79. The molecule has 0 heterocycles. The van der Waals surface area contributed by atoms with E-state index in [1.54, 1.807) is 13.2 Å². The molecule has 14 heavy (non-hydrogen) atoms. The number of nitrogens with two attached hydrogens (primary N) is 1. The van der Waals surface area contributed by atoms with Gasteiger partial charge < -0.3 is 5.73 Å². The molecular weight excluding hydrogens is 211 g/mol. The first-order valence-electron chi connectivity index (χ1n) is 3.79. The number of aryl methyl sites for hydroxylation is 1. The van der Waals surface area contributed by atoms with Gasteiger partial charge in [-0.05, 0) is 36.9 Å². The van der Waals surface area contributed by atoms with Gasteiger partial charge >= 0.3 is 6.18 Å². The van der Waals surface area contributed by atoms with Crippen molar-refractivity contribution in [3.63, 3.8) is 0 Å². The normalized spacial score (nSPS) is 10.4. The maximum Gasteiger partial charge on any atom is 0.416 e. The highest BCUT2D eigenvalue weighted by Crippen LogP contribution is 2.30. The van der Waals surface area contributed by atoms with Crippen LogP contribution in [0.3, 0.4) is 0 Å². The summed E-state index contributed by atoms with van der Waals surface area (Å²) in [6, 6.07) is 3.27. The predicted octanol–water partition coefficient (Wildman–Crippen LogP) is 3.14. The average molecular weight is 223 g/mol. The summed E-state index contributed by atoms with van der Waals surface area (Å²) in [5.41, 5.74) is 5.53. The molecule has 1 aromatic rings. The van der Waals surface area contributed by atoms with Crippen LogP contribution in [-0.2, 0) is 6.18 Å². The van der Waals surface area contributed by atoms with Gasteiger partial charge in [-0.15, -0.1) is 0 Å². The van der Waals surface area contributed by atoms with Crippen LogP contribution in [0.2, 0.25) is 0 Å². The molecular formula is C9H12F3NS. The minimum Gasteiger partial charge on any atom is -0.399 e. The van der Waals surface area contributed by atoms with Crippen molar-refractivity contribution >= 4 is 18.3 Å². The van der Waals surface area contributed by atoms with Gasteiger partial charge in [0.25, 0.3) is 0 Å². The van der Waals surface area contributed by atoms with Crippen molar-refractivity contribution in [2.75, 3.05) is 12.0 Å². The summed E-state index contributed by atoms with van der Waals surface area (Å²) >= 11 is 3.53. The van der Waals surface area contributed by atoms with Gasteiger partial charge in [0, 0.05) is 5.69 Å². The molecule has 0 unspecified atom stereocenters. The Bertz CT molecular complexity index is 297. The van der Waals surface area contributed by atoms with E-state index in [0.717, 1.165) is 12.1 Å². The van der Waals surface area contributed by atoms with Crippen LogP contribution in [0.4, 0.5) is 18.9 Å². The quantitative estimate of drug-likeness (QED) is 0.513. The van der Waals surface area contributed by atoms with Crippen LogP contribution in [-0.4, -0.2) is 6.26 Å². The maximum absolute atomic E-state index is 12.1. The molecule has 1 rings (SSSR count). The lowest BCUT2D eigenvalue weighted by Gasteiger charge is -2.08. The van der Waals surface area contributed by atoms with Gasteiger partial charge in [-0.1, -0.05) is 0 Å². The Morgan fingerprint density at radius 3 is 2.07 bits per heavy atom. The van der Waals surface area contributed by atoms with Crippen LogP contribution in [0.15, 0.2) is 18.2 Å². The molecule has 0 atom stereocenters. The van der Waals surface area contributed by atoms with Crippen molar-refractivity contribution in [3.05, 3.63) is 29.3 Å². The number of rotatable bonds is 0. The molecule has 0 spiro atoms. The molecule has 0 bridgehead atoms. The number of benzene rings is 1. The second kappa shape index (κ2) is 5.14. The van der Waals surface area contributed by atoms with Crippen LogP contribution in [0.1, 0.15) is 11.1 Å². The summed E-state index contributed by atoms with van der Waals surface area (Å²) in [6.45, 7) is 1.55. The van der Waals surface area contributed by atoms with Crippen LogP contribution >= 0.6 is 12.6 Å². The Balaban J connectivity index is 0.000000791. The van der Waals surface area contributed by atoms with Crippen molar-refractivity contribution in [1.82, 2.24) is 0 Å². The Labute approximate surface area is 86.5 Å². The third-order valence-corrected chi connectivity index (χ3v) is 1.60. The van der Waals surface area contributed by atoms with Gasteiger partial charge in [0.1, 0.15) is 0 Å². The SMILES string of the molecule is CS.Cc1cc(C(F)(F)F)ccc1N. The molecule has 1 aromatic carbocycles. The lowest BCUT2D eigenvalue weighted by molar-refractivity contribution is -0.137. The molecule has 1 nitrogen and oxygen atoms in total. The Kier molecular flexibility index (Phi) is 4.83. The van der Waals surface area contributed by atoms with Crippen molar-refractivity contribution in [3.8, 4) is 0 Å². The van der Waals surface area contributed by atoms with Crippen LogP contribution in [0, 0.1) is 6.92 Å². The van der Waals surface area contributed by atoms with E-state index in [2.05, 4.69) is 12.6 Å². The Morgan fingerprint density at radius 1 is 1.21 bits per heavy atom. The fourth-order valence-electron chi connectivity index (χ4n) is 0.852. The number of anilines is 1. The average Bonchev–Trinajstić information content (AvgIpc) is 2.11. The summed E-state index contributed by atoms with van der Waals surface area (Å²) in [4.78, 5) is 0. The first-order chi connectivity index (χ1) is 6.41. The van der Waals surface area contributed by atoms with E-state index in [-0.39, 0.29) is 0 Å². The fourth-order valence-corrected chi connectivity index (χ4v) is 0.852. The fraction of sp³-hybridized carbons (Fsp3) is 0.333. The first kappa shape index (κ1) is 13.2. The number of thiol groups is 1. The molecule has 0 saturated heterocycles. The van der Waals surface area contributed by atoms with Gasteiger partial charge in [-0.25, -0.2) is 0 Å². The molecule has 2 N–H and O–H groups in total. The largest absolute Gasteiger partial charge is 0.416 e. The smallest absolute Gasteiger partial charge is 0.399 e. The third kappa shape index (κ3) is 3.49. The lowest BCUT2D eigenvalue weighted by atomic mass is 10.1. The first-order valence-corrected chi connectivity index (χ1v) is 4.69. The van der Waals surface area contributed by atoms with Gasteiger partial charge in [-0.2, -0.15) is 25.8 Å². The number of alkyl halides is 3. The number of halogens is 3. The van der Waals surface area contributed by atoms with E-state index in [1.807, 2.05) is 0 Å². The minimum atomic E-state index is -4.28. The second-order valence-electron chi connectivity index (χ2n) is 2.57. The zero-order valence-corrected chi connectivity index (χ0v) is 8.78. The molecule has 0 aliphatic carbocycles. The van der Waals surface area contributed by atoms with E-state index in [9.17, 15) is 13.2 Å². The van der Waals surface area contributed by atoms with E-state index >= 15 is 0 Å². The molecule has 0 fully saturated rings. The minimum absolute atomic E-state index is 0.378. The molecule has 0 amide bonds. The Hall–Kier alpha value is -0.840. The van der Waals surface area contributed by atoms with Gasteiger partial charge in [0.2, 0.25) is 0 Å². The van der Waals surface area contributed by atoms with Crippen molar-refractivity contribution in [2.45, 2.75) is 13.1 Å². The maximum atomic E-state index is 12.1. The van der Waals surface area contributed by atoms with Crippen molar-refractivity contribution in [2.24, 2.45) is 0 Å². The third-order valence-electron chi connectivity index (χ3n) is 1.60. The van der Waals surface area contributed by atoms with E-state index in [1.165, 1.54) is 6.07 Å². The summed E-state index contributed by atoms with van der Waals surface area (Å²) in [7, 11) is 0. The van der Waals surface area contributed by atoms with E-state index < -0.39 is 11.7 Å². The van der Waals surface area contributed by atoms with E-state index in [0.29, 0.717) is 11.3 Å². The van der Waals surface area contributed by atoms with Crippen LogP contribution in [0.5, 0.6) is 0 Å². The lowest BCUT2D eigenvalue weighted by Crippen LogP contribution is -2.05. The van der Waals surface area contributed by atoms with Crippen LogP contribution < -0.4 is 5.73 Å². The second-order valence-corrected chi connectivity index (χ2v) is 2.57. The molecule has 0 aliphatic rings. The predicted molar refractivity (Wildman–Crippen MR) is 55.5 cm³/mol. The highest BCUT2D eigenvalue weighted by Gasteiger charge is 2.30. The summed E-state index contributed by atoms with van der Waals surface area (Å²) in [6.07, 6.45) is -2.58. The summed E-state index contributed by atoms with van der Waals surface area (Å²) in [5.74, 6) is 0. The molecule has 0 aromatic heterocycles. The zero-order valence-electron chi connectivity index (χ0n) is 7.89. The van der Waals surface area contributed by atoms with Crippen LogP contribution in [0.25, 0.3) is 0 Å². The molecule has 0 saturated carbocycles. The number of hydrogen-bond donors (Lipinski definition) is 2. The summed E-state index contributed by atoms with van der Waals surface area (Å²) < 4.78 is 36.2. The number of nitrogen functional groups attached to an aromatic ring is 1. The molecule has 0 radical (unpaired) electrons. The zero-order chi connectivity index (χ0) is 11.4. The molecule has 0 aliphatic heterocycles. The molecule has 5 heteroatoms. The highest BCUT2D eigenvalue weighted by atomic mass is 32.1. The van der Waals surface area contributed by atoms with Gasteiger partial charge in [0.15, 0.2) is 0 Å². The standard InChI is InChI=1S/C8H8F3N.CH4S/c1-5-4-6(8(9,10)11)2-3-7(5)12;1-2/h2-4H,12H2,1H3;2H,1H3. The Morgan fingerprint density at radius 2 is 1.71 bits per heavy atom.